The molecule has 0 unspecified atom stereocenters. The molecule has 0 saturated carbocycles. The molecule has 4 rings (SSSR count). The van der Waals surface area contributed by atoms with Gasteiger partial charge < -0.3 is 10.4 Å². The van der Waals surface area contributed by atoms with Crippen LogP contribution in [0.25, 0.3) is 16.7 Å². The minimum absolute atomic E-state index is 0.232. The Morgan fingerprint density at radius 2 is 1.76 bits per heavy atom. The number of aromatic carboxylic acids is 1. The maximum Gasteiger partial charge on any atom is 0.335 e. The number of hydrogen-bond acceptors (Lipinski definition) is 5. The van der Waals surface area contributed by atoms with Gasteiger partial charge in [-0.05, 0) is 36.4 Å². The molecule has 2 aromatic heterocycles. The van der Waals surface area contributed by atoms with Crippen LogP contribution in [-0.2, 0) is 0 Å². The molecule has 0 atom stereocenters. The Bertz CT molecular complexity index is 1040. The van der Waals surface area contributed by atoms with Crippen molar-refractivity contribution in [3.8, 4) is 5.69 Å². The molecule has 0 aliphatic carbocycles. The van der Waals surface area contributed by atoms with Gasteiger partial charge in [-0.25, -0.2) is 19.4 Å². The van der Waals surface area contributed by atoms with Crippen molar-refractivity contribution in [3.05, 3.63) is 72.7 Å². The van der Waals surface area contributed by atoms with Crippen LogP contribution in [0.1, 0.15) is 10.4 Å². The van der Waals surface area contributed by atoms with Crippen LogP contribution >= 0.6 is 0 Å². The Morgan fingerprint density at radius 1 is 1.00 bits per heavy atom. The number of anilines is 2. The lowest BCUT2D eigenvalue weighted by atomic mass is 10.2. The number of carboxylic acids is 1. The van der Waals surface area contributed by atoms with Crippen LogP contribution in [0, 0.1) is 0 Å². The fourth-order valence-electron chi connectivity index (χ4n) is 2.53. The van der Waals surface area contributed by atoms with Crippen LogP contribution in [-0.4, -0.2) is 30.8 Å². The Kier molecular flexibility index (Phi) is 3.59. The van der Waals surface area contributed by atoms with Crippen LogP contribution in [0.3, 0.4) is 0 Å². The van der Waals surface area contributed by atoms with Crippen LogP contribution in [0.4, 0.5) is 11.5 Å². The molecular formula is C18H13N5O2. The second kappa shape index (κ2) is 6.04. The summed E-state index contributed by atoms with van der Waals surface area (Å²) in [6.45, 7) is 0. The molecule has 0 bridgehead atoms. The Morgan fingerprint density at radius 3 is 2.48 bits per heavy atom. The van der Waals surface area contributed by atoms with Gasteiger partial charge in [-0.2, -0.15) is 5.10 Å². The largest absolute Gasteiger partial charge is 0.478 e. The van der Waals surface area contributed by atoms with Crippen molar-refractivity contribution < 1.29 is 9.90 Å². The SMILES string of the molecule is O=C(O)c1ccc(Nc2ncnc3c2cnn3-c2ccccc2)cc1. The Hall–Kier alpha value is -3.74. The Labute approximate surface area is 142 Å². The smallest absolute Gasteiger partial charge is 0.335 e. The molecule has 25 heavy (non-hydrogen) atoms. The third kappa shape index (κ3) is 2.78. The first-order valence-corrected chi connectivity index (χ1v) is 7.57. The first-order chi connectivity index (χ1) is 12.2. The monoisotopic (exact) mass is 331 g/mol. The predicted octanol–water partition coefficient (Wildman–Crippen LogP) is 3.26. The zero-order valence-corrected chi connectivity index (χ0v) is 13.0. The first kappa shape index (κ1) is 14.8. The predicted molar refractivity (Wildman–Crippen MR) is 93.3 cm³/mol. The van der Waals surface area contributed by atoms with E-state index in [9.17, 15) is 4.79 Å². The summed E-state index contributed by atoms with van der Waals surface area (Å²) in [6, 6.07) is 16.2. The summed E-state index contributed by atoms with van der Waals surface area (Å²) < 4.78 is 1.75. The van der Waals surface area contributed by atoms with Crippen LogP contribution < -0.4 is 5.32 Å². The lowest BCUT2D eigenvalue weighted by molar-refractivity contribution is 0.0697. The summed E-state index contributed by atoms with van der Waals surface area (Å²) in [5.74, 6) is -0.352. The number of hydrogen-bond donors (Lipinski definition) is 2. The van der Waals surface area contributed by atoms with E-state index in [2.05, 4.69) is 20.4 Å². The van der Waals surface area contributed by atoms with E-state index in [4.69, 9.17) is 5.11 Å². The molecule has 4 aromatic rings. The number of para-hydroxylation sites is 1. The molecule has 7 heteroatoms. The van der Waals surface area contributed by atoms with Crippen molar-refractivity contribution in [1.82, 2.24) is 19.7 Å². The number of nitrogens with one attached hydrogen (secondary N) is 1. The second-order valence-corrected chi connectivity index (χ2v) is 5.36. The molecule has 0 spiro atoms. The lowest BCUT2D eigenvalue weighted by Crippen LogP contribution is -2.00. The van der Waals surface area contributed by atoms with Gasteiger partial charge in [0.2, 0.25) is 0 Å². The summed E-state index contributed by atoms with van der Waals surface area (Å²) in [7, 11) is 0. The van der Waals surface area contributed by atoms with E-state index in [0.29, 0.717) is 11.5 Å². The van der Waals surface area contributed by atoms with Gasteiger partial charge in [-0.15, -0.1) is 0 Å². The first-order valence-electron chi connectivity index (χ1n) is 7.57. The highest BCUT2D eigenvalue weighted by Gasteiger charge is 2.11. The topological polar surface area (TPSA) is 92.9 Å². The third-order valence-electron chi connectivity index (χ3n) is 3.76. The maximum absolute atomic E-state index is 10.9. The molecule has 0 amide bonds. The van der Waals surface area contributed by atoms with E-state index < -0.39 is 5.97 Å². The van der Waals surface area contributed by atoms with Gasteiger partial charge in [0.1, 0.15) is 12.1 Å². The fraction of sp³-hybridized carbons (Fsp3) is 0. The summed E-state index contributed by atoms with van der Waals surface area (Å²) >= 11 is 0. The van der Waals surface area contributed by atoms with E-state index >= 15 is 0 Å². The van der Waals surface area contributed by atoms with E-state index in [1.54, 1.807) is 23.0 Å². The molecule has 0 fully saturated rings. The maximum atomic E-state index is 10.9. The molecule has 0 saturated heterocycles. The van der Waals surface area contributed by atoms with Crippen molar-refractivity contribution in [2.45, 2.75) is 0 Å². The molecule has 0 aliphatic heterocycles. The summed E-state index contributed by atoms with van der Waals surface area (Å²) in [5.41, 5.74) is 2.56. The highest BCUT2D eigenvalue weighted by Crippen LogP contribution is 2.24. The molecule has 7 nitrogen and oxygen atoms in total. The molecule has 0 aliphatic rings. The fourth-order valence-corrected chi connectivity index (χ4v) is 2.53. The molecule has 122 valence electrons. The van der Waals surface area contributed by atoms with Crippen LogP contribution in [0.5, 0.6) is 0 Å². The molecular weight excluding hydrogens is 318 g/mol. The van der Waals surface area contributed by atoms with E-state index in [-0.39, 0.29) is 5.56 Å². The second-order valence-electron chi connectivity index (χ2n) is 5.36. The lowest BCUT2D eigenvalue weighted by Gasteiger charge is -2.07. The highest BCUT2D eigenvalue weighted by molar-refractivity contribution is 5.90. The summed E-state index contributed by atoms with van der Waals surface area (Å²) in [5, 5.41) is 17.3. The van der Waals surface area contributed by atoms with Crippen molar-refractivity contribution in [3.63, 3.8) is 0 Å². The quantitative estimate of drug-likeness (QED) is 0.596. The minimum atomic E-state index is -0.958. The van der Waals surface area contributed by atoms with Crippen molar-refractivity contribution >= 4 is 28.5 Å². The van der Waals surface area contributed by atoms with Gasteiger partial charge in [0, 0.05) is 5.69 Å². The number of fused-ring (bicyclic) bond motifs is 1. The molecule has 2 aromatic carbocycles. The number of carbonyl (C=O) groups is 1. The average molecular weight is 331 g/mol. The van der Waals surface area contributed by atoms with Gasteiger partial charge in [-0.3, -0.25) is 0 Å². The summed E-state index contributed by atoms with van der Waals surface area (Å²) in [4.78, 5) is 19.5. The standard InChI is InChI=1S/C18H13N5O2/c24-18(25)12-6-8-13(9-7-12)22-16-15-10-21-23(17(15)20-11-19-16)14-4-2-1-3-5-14/h1-11H,(H,24,25)(H,19,20,22). The third-order valence-corrected chi connectivity index (χ3v) is 3.76. The average Bonchev–Trinajstić information content (AvgIpc) is 3.08. The molecule has 2 heterocycles. The number of nitrogens with zero attached hydrogens (tertiary/aromatic N) is 4. The van der Waals surface area contributed by atoms with Crippen molar-refractivity contribution in [2.24, 2.45) is 0 Å². The van der Waals surface area contributed by atoms with E-state index in [0.717, 1.165) is 16.8 Å². The zero-order valence-electron chi connectivity index (χ0n) is 13.0. The van der Waals surface area contributed by atoms with Gasteiger partial charge in [-0.1, -0.05) is 18.2 Å². The Balaban J connectivity index is 1.71. The number of benzene rings is 2. The van der Waals surface area contributed by atoms with Crippen LogP contribution in [0.2, 0.25) is 0 Å². The van der Waals surface area contributed by atoms with Crippen LogP contribution in [0.15, 0.2) is 67.1 Å². The highest BCUT2D eigenvalue weighted by atomic mass is 16.4. The van der Waals surface area contributed by atoms with Gasteiger partial charge in [0.15, 0.2) is 5.65 Å². The van der Waals surface area contributed by atoms with Gasteiger partial charge in [0.05, 0.1) is 22.8 Å². The van der Waals surface area contributed by atoms with Crippen molar-refractivity contribution in [2.75, 3.05) is 5.32 Å². The van der Waals surface area contributed by atoms with Gasteiger partial charge in [0.25, 0.3) is 0 Å². The zero-order chi connectivity index (χ0) is 17.2. The van der Waals surface area contributed by atoms with Crippen molar-refractivity contribution in [1.29, 1.82) is 0 Å². The molecule has 0 radical (unpaired) electrons. The number of rotatable bonds is 4. The van der Waals surface area contributed by atoms with E-state index in [1.807, 2.05) is 30.3 Å². The normalized spacial score (nSPS) is 10.7. The minimum Gasteiger partial charge on any atom is -0.478 e. The van der Waals surface area contributed by atoms with Gasteiger partial charge >= 0.3 is 5.97 Å². The summed E-state index contributed by atoms with van der Waals surface area (Å²) in [6.07, 6.45) is 3.17. The number of carboxylic acid groups (broad SMARTS) is 1. The van der Waals surface area contributed by atoms with E-state index in [1.165, 1.54) is 18.5 Å². The number of aromatic nitrogens is 4. The molecule has 2 N–H and O–H groups in total.